The van der Waals surface area contributed by atoms with E-state index < -0.39 is 0 Å². The first-order valence-corrected chi connectivity index (χ1v) is 7.87. The standard InChI is InChI=1S/C14H22N6O2/c1-10-12(17-18-16-10)13(21)15-11-4-8-20(9-5-11)14(22)19-6-2-3-7-19/h11H,2-9H2,1H3,(H,15,21)(H,16,17,18). The highest BCUT2D eigenvalue weighted by Crippen LogP contribution is 2.16. The fourth-order valence-corrected chi connectivity index (χ4v) is 3.08. The maximum absolute atomic E-state index is 12.3. The average Bonchev–Trinajstić information content (AvgIpc) is 3.18. The number of nitrogens with zero attached hydrogens (tertiary/aromatic N) is 4. The number of aromatic amines is 1. The zero-order chi connectivity index (χ0) is 15.5. The minimum absolute atomic E-state index is 0.0891. The third kappa shape index (κ3) is 3.05. The molecule has 2 aliphatic heterocycles. The van der Waals surface area contributed by atoms with E-state index in [-0.39, 0.29) is 18.0 Å². The number of hydrogen-bond donors (Lipinski definition) is 2. The van der Waals surface area contributed by atoms with Crippen LogP contribution in [0.4, 0.5) is 4.79 Å². The molecule has 2 saturated heterocycles. The number of hydrogen-bond acceptors (Lipinski definition) is 4. The van der Waals surface area contributed by atoms with Crippen LogP contribution in [0.3, 0.4) is 0 Å². The number of nitrogens with one attached hydrogen (secondary N) is 2. The third-order valence-corrected chi connectivity index (χ3v) is 4.41. The summed E-state index contributed by atoms with van der Waals surface area (Å²) in [7, 11) is 0. The van der Waals surface area contributed by atoms with E-state index in [1.807, 2.05) is 9.80 Å². The Morgan fingerprint density at radius 3 is 2.32 bits per heavy atom. The Bertz CT molecular complexity index is 543. The van der Waals surface area contributed by atoms with E-state index in [9.17, 15) is 9.59 Å². The summed E-state index contributed by atoms with van der Waals surface area (Å²) in [5.74, 6) is -0.199. The molecule has 8 nitrogen and oxygen atoms in total. The molecule has 0 atom stereocenters. The Morgan fingerprint density at radius 2 is 1.73 bits per heavy atom. The number of aryl methyl sites for hydroxylation is 1. The molecule has 3 heterocycles. The van der Waals surface area contributed by atoms with Gasteiger partial charge in [0.15, 0.2) is 5.69 Å². The van der Waals surface area contributed by atoms with Crippen molar-refractivity contribution in [2.45, 2.75) is 38.6 Å². The summed E-state index contributed by atoms with van der Waals surface area (Å²) in [5, 5.41) is 13.1. The summed E-state index contributed by atoms with van der Waals surface area (Å²) in [5.41, 5.74) is 0.940. The fourth-order valence-electron chi connectivity index (χ4n) is 3.08. The first-order valence-electron chi connectivity index (χ1n) is 7.87. The van der Waals surface area contributed by atoms with Crippen molar-refractivity contribution in [3.8, 4) is 0 Å². The van der Waals surface area contributed by atoms with Crippen LogP contribution < -0.4 is 5.32 Å². The van der Waals surface area contributed by atoms with Crippen molar-refractivity contribution >= 4 is 11.9 Å². The summed E-state index contributed by atoms with van der Waals surface area (Å²) < 4.78 is 0. The van der Waals surface area contributed by atoms with E-state index >= 15 is 0 Å². The maximum Gasteiger partial charge on any atom is 0.319 e. The molecule has 0 spiro atoms. The Kier molecular flexibility index (Phi) is 4.26. The second-order valence-corrected chi connectivity index (χ2v) is 5.97. The summed E-state index contributed by atoms with van der Waals surface area (Å²) >= 11 is 0. The largest absolute Gasteiger partial charge is 0.348 e. The van der Waals surface area contributed by atoms with Crippen molar-refractivity contribution in [3.05, 3.63) is 11.4 Å². The molecule has 22 heavy (non-hydrogen) atoms. The van der Waals surface area contributed by atoms with E-state index in [0.717, 1.165) is 38.8 Å². The number of amides is 3. The van der Waals surface area contributed by atoms with Gasteiger partial charge in [0.25, 0.3) is 5.91 Å². The molecule has 0 saturated carbocycles. The predicted octanol–water partition coefficient (Wildman–Crippen LogP) is 0.523. The van der Waals surface area contributed by atoms with E-state index in [1.54, 1.807) is 6.92 Å². The Balaban J connectivity index is 1.48. The third-order valence-electron chi connectivity index (χ3n) is 4.41. The van der Waals surface area contributed by atoms with Gasteiger partial charge in [-0.15, -0.1) is 0 Å². The average molecular weight is 306 g/mol. The molecule has 120 valence electrons. The van der Waals surface area contributed by atoms with Gasteiger partial charge in [0.1, 0.15) is 0 Å². The maximum atomic E-state index is 12.3. The van der Waals surface area contributed by atoms with Crippen molar-refractivity contribution in [2.75, 3.05) is 26.2 Å². The van der Waals surface area contributed by atoms with Crippen LogP contribution in [0.25, 0.3) is 0 Å². The molecule has 3 amide bonds. The van der Waals surface area contributed by atoms with E-state index in [2.05, 4.69) is 20.7 Å². The van der Waals surface area contributed by atoms with Crippen LogP contribution in [-0.4, -0.2) is 69.4 Å². The zero-order valence-electron chi connectivity index (χ0n) is 12.8. The van der Waals surface area contributed by atoms with Gasteiger partial charge in [-0.05, 0) is 32.6 Å². The number of carbonyl (C=O) groups is 2. The predicted molar refractivity (Wildman–Crippen MR) is 79.4 cm³/mol. The van der Waals surface area contributed by atoms with Crippen LogP contribution in [0.2, 0.25) is 0 Å². The number of urea groups is 1. The topological polar surface area (TPSA) is 94.2 Å². The molecular formula is C14H22N6O2. The Hall–Kier alpha value is -2.12. The van der Waals surface area contributed by atoms with Gasteiger partial charge in [-0.25, -0.2) is 4.79 Å². The van der Waals surface area contributed by atoms with Crippen LogP contribution in [0.15, 0.2) is 0 Å². The highest BCUT2D eigenvalue weighted by molar-refractivity contribution is 5.93. The Labute approximate surface area is 129 Å². The van der Waals surface area contributed by atoms with Crippen LogP contribution in [0.1, 0.15) is 41.9 Å². The molecule has 3 rings (SSSR count). The van der Waals surface area contributed by atoms with Gasteiger partial charge < -0.3 is 15.1 Å². The highest BCUT2D eigenvalue weighted by atomic mass is 16.2. The molecule has 2 N–H and O–H groups in total. The van der Waals surface area contributed by atoms with Gasteiger partial charge in [0.05, 0.1) is 5.69 Å². The first kappa shape index (κ1) is 14.8. The number of aromatic nitrogens is 3. The molecule has 0 bridgehead atoms. The first-order chi connectivity index (χ1) is 10.6. The lowest BCUT2D eigenvalue weighted by atomic mass is 10.0. The number of rotatable bonds is 2. The molecule has 2 aliphatic rings. The lowest BCUT2D eigenvalue weighted by molar-refractivity contribution is 0.0907. The molecule has 0 unspecified atom stereocenters. The summed E-state index contributed by atoms with van der Waals surface area (Å²) in [6.07, 6.45) is 3.77. The van der Waals surface area contributed by atoms with Crippen molar-refractivity contribution in [1.82, 2.24) is 30.5 Å². The van der Waals surface area contributed by atoms with Gasteiger partial charge in [0.2, 0.25) is 0 Å². The number of H-pyrrole nitrogens is 1. The lowest BCUT2D eigenvalue weighted by Gasteiger charge is -2.34. The molecule has 0 radical (unpaired) electrons. The van der Waals surface area contributed by atoms with Gasteiger partial charge >= 0.3 is 6.03 Å². The van der Waals surface area contributed by atoms with E-state index in [1.165, 1.54) is 0 Å². The van der Waals surface area contributed by atoms with Gasteiger partial charge in [-0.3, -0.25) is 4.79 Å². The zero-order valence-corrected chi connectivity index (χ0v) is 12.8. The van der Waals surface area contributed by atoms with Gasteiger partial charge in [-0.2, -0.15) is 15.4 Å². The number of piperidine rings is 1. The summed E-state index contributed by atoms with van der Waals surface area (Å²) in [4.78, 5) is 28.2. The SMILES string of the molecule is Cc1n[nH]nc1C(=O)NC1CCN(C(=O)N2CCCC2)CC1. The minimum atomic E-state index is -0.199. The van der Waals surface area contributed by atoms with E-state index in [0.29, 0.717) is 24.5 Å². The van der Waals surface area contributed by atoms with Crippen molar-refractivity contribution in [1.29, 1.82) is 0 Å². The lowest BCUT2D eigenvalue weighted by Crippen LogP contribution is -2.50. The van der Waals surface area contributed by atoms with Gasteiger partial charge in [-0.1, -0.05) is 0 Å². The quantitative estimate of drug-likeness (QED) is 0.833. The van der Waals surface area contributed by atoms with Crippen LogP contribution in [0.5, 0.6) is 0 Å². The van der Waals surface area contributed by atoms with Gasteiger partial charge in [0, 0.05) is 32.2 Å². The highest BCUT2D eigenvalue weighted by Gasteiger charge is 2.28. The Morgan fingerprint density at radius 1 is 1.09 bits per heavy atom. The van der Waals surface area contributed by atoms with Crippen molar-refractivity contribution in [2.24, 2.45) is 0 Å². The second kappa shape index (κ2) is 6.33. The summed E-state index contributed by atoms with van der Waals surface area (Å²) in [6, 6.07) is 0.237. The second-order valence-electron chi connectivity index (χ2n) is 5.97. The van der Waals surface area contributed by atoms with Crippen molar-refractivity contribution < 1.29 is 9.59 Å². The molecule has 1 aromatic heterocycles. The fraction of sp³-hybridized carbons (Fsp3) is 0.714. The minimum Gasteiger partial charge on any atom is -0.348 e. The molecular weight excluding hydrogens is 284 g/mol. The van der Waals surface area contributed by atoms with E-state index in [4.69, 9.17) is 0 Å². The normalized spacial score (nSPS) is 19.5. The summed E-state index contributed by atoms with van der Waals surface area (Å²) in [6.45, 7) is 4.88. The molecule has 0 aliphatic carbocycles. The smallest absolute Gasteiger partial charge is 0.319 e. The van der Waals surface area contributed by atoms with Crippen molar-refractivity contribution in [3.63, 3.8) is 0 Å². The molecule has 0 aromatic carbocycles. The molecule has 1 aromatic rings. The number of likely N-dealkylation sites (tertiary alicyclic amines) is 2. The number of carbonyl (C=O) groups excluding carboxylic acids is 2. The van der Waals surface area contributed by atoms with Crippen LogP contribution in [0, 0.1) is 6.92 Å². The molecule has 8 heteroatoms. The molecule has 2 fully saturated rings. The van der Waals surface area contributed by atoms with Crippen LogP contribution in [-0.2, 0) is 0 Å². The van der Waals surface area contributed by atoms with Crippen LogP contribution >= 0.6 is 0 Å². The monoisotopic (exact) mass is 306 g/mol.